The van der Waals surface area contributed by atoms with Gasteiger partial charge in [0, 0.05) is 42.0 Å². The third-order valence-electron chi connectivity index (χ3n) is 2.83. The Morgan fingerprint density at radius 3 is 2.95 bits per heavy atom. The van der Waals surface area contributed by atoms with Crippen molar-refractivity contribution in [1.82, 2.24) is 15.3 Å². The molecule has 0 spiro atoms. The van der Waals surface area contributed by atoms with Crippen molar-refractivity contribution in [2.75, 3.05) is 20.3 Å². The first-order chi connectivity index (χ1) is 10.2. The highest BCUT2D eigenvalue weighted by atomic mass is 35.5. The van der Waals surface area contributed by atoms with Gasteiger partial charge in [0.1, 0.15) is 0 Å². The second-order valence-corrected chi connectivity index (χ2v) is 5.89. The van der Waals surface area contributed by atoms with Crippen LogP contribution in [0.5, 0.6) is 0 Å². The van der Waals surface area contributed by atoms with Crippen LogP contribution in [-0.4, -0.2) is 30.2 Å². The first-order valence-electron chi connectivity index (χ1n) is 6.65. The lowest BCUT2D eigenvalue weighted by atomic mass is 10.2. The number of aromatic nitrogens is 2. The first-order valence-corrected chi connectivity index (χ1v) is 7.84. The van der Waals surface area contributed by atoms with Crippen molar-refractivity contribution in [1.29, 1.82) is 0 Å². The Hall–Kier alpha value is -1.14. The zero-order chi connectivity index (χ0) is 15.1. The van der Waals surface area contributed by atoms with E-state index in [0.717, 1.165) is 32.9 Å². The molecule has 21 heavy (non-hydrogen) atoms. The number of nitrogens with zero attached hydrogens (tertiary/aromatic N) is 2. The normalized spacial score (nSPS) is 10.8. The highest BCUT2D eigenvalue weighted by Gasteiger charge is 2.10. The molecule has 112 valence electrons. The van der Waals surface area contributed by atoms with Gasteiger partial charge in [-0.15, -0.1) is 0 Å². The summed E-state index contributed by atoms with van der Waals surface area (Å²) in [6.45, 7) is 4.11. The van der Waals surface area contributed by atoms with Crippen molar-refractivity contribution in [2.45, 2.75) is 23.5 Å². The number of hydrogen-bond acceptors (Lipinski definition) is 5. The molecule has 0 aliphatic heterocycles. The van der Waals surface area contributed by atoms with E-state index in [1.807, 2.05) is 31.2 Å². The Kier molecular flexibility index (Phi) is 6.45. The fourth-order valence-corrected chi connectivity index (χ4v) is 3.02. The largest absolute Gasteiger partial charge is 0.383 e. The lowest BCUT2D eigenvalue weighted by Gasteiger charge is -2.11. The second-order valence-electron chi connectivity index (χ2n) is 4.47. The average Bonchev–Trinajstić information content (AvgIpc) is 2.46. The first kappa shape index (κ1) is 16.2. The number of methoxy groups -OCH3 is 1. The molecule has 4 nitrogen and oxygen atoms in total. The summed E-state index contributed by atoms with van der Waals surface area (Å²) in [4.78, 5) is 9.77. The van der Waals surface area contributed by atoms with Gasteiger partial charge in [-0.25, -0.2) is 9.97 Å². The van der Waals surface area contributed by atoms with Crippen molar-refractivity contribution in [2.24, 2.45) is 0 Å². The maximum Gasteiger partial charge on any atom is 0.192 e. The summed E-state index contributed by atoms with van der Waals surface area (Å²) in [6, 6.07) is 7.76. The predicted molar refractivity (Wildman–Crippen MR) is 85.9 cm³/mol. The molecule has 1 aromatic heterocycles. The van der Waals surface area contributed by atoms with Crippen LogP contribution >= 0.6 is 23.4 Å². The predicted octanol–water partition coefficient (Wildman–Crippen LogP) is 3.33. The van der Waals surface area contributed by atoms with E-state index in [2.05, 4.69) is 15.3 Å². The lowest BCUT2D eigenvalue weighted by molar-refractivity contribution is 0.199. The fraction of sp³-hybridized carbons (Fsp3) is 0.333. The van der Waals surface area contributed by atoms with Gasteiger partial charge in [-0.3, -0.25) is 0 Å². The van der Waals surface area contributed by atoms with E-state index in [1.165, 1.54) is 11.8 Å². The molecule has 0 bridgehead atoms. The molecule has 0 atom stereocenters. The number of aryl methyl sites for hydroxylation is 1. The topological polar surface area (TPSA) is 47.0 Å². The van der Waals surface area contributed by atoms with E-state index < -0.39 is 0 Å². The molecule has 0 aliphatic rings. The van der Waals surface area contributed by atoms with Gasteiger partial charge in [0.25, 0.3) is 0 Å². The number of nitrogens with one attached hydrogen (secondary N) is 1. The third-order valence-corrected chi connectivity index (χ3v) is 4.17. The van der Waals surface area contributed by atoms with E-state index >= 15 is 0 Å². The minimum absolute atomic E-state index is 0.675. The van der Waals surface area contributed by atoms with Gasteiger partial charge in [0.15, 0.2) is 5.16 Å². The van der Waals surface area contributed by atoms with E-state index in [4.69, 9.17) is 16.3 Å². The summed E-state index contributed by atoms with van der Waals surface area (Å²) < 4.78 is 5.03. The summed E-state index contributed by atoms with van der Waals surface area (Å²) in [5, 5.41) is 4.80. The fourth-order valence-electron chi connectivity index (χ4n) is 1.77. The molecule has 0 amide bonds. The number of rotatable bonds is 7. The molecule has 2 rings (SSSR count). The van der Waals surface area contributed by atoms with Gasteiger partial charge < -0.3 is 10.1 Å². The van der Waals surface area contributed by atoms with Gasteiger partial charge in [-0.05, 0) is 42.4 Å². The zero-order valence-corrected chi connectivity index (χ0v) is 13.7. The molecule has 0 aliphatic carbocycles. The van der Waals surface area contributed by atoms with Crippen LogP contribution in [0, 0.1) is 6.92 Å². The van der Waals surface area contributed by atoms with Crippen LogP contribution in [0.25, 0.3) is 0 Å². The zero-order valence-electron chi connectivity index (χ0n) is 12.1. The molecule has 0 fully saturated rings. The van der Waals surface area contributed by atoms with Crippen LogP contribution in [0.2, 0.25) is 5.02 Å². The van der Waals surface area contributed by atoms with Crippen molar-refractivity contribution in [3.8, 4) is 0 Å². The van der Waals surface area contributed by atoms with Crippen molar-refractivity contribution in [3.63, 3.8) is 0 Å². The average molecular weight is 324 g/mol. The van der Waals surface area contributed by atoms with Crippen molar-refractivity contribution >= 4 is 23.4 Å². The summed E-state index contributed by atoms with van der Waals surface area (Å²) in [5.74, 6) is 0. The molecule has 1 aromatic carbocycles. The number of hydrogen-bond donors (Lipinski definition) is 1. The van der Waals surface area contributed by atoms with Crippen LogP contribution in [0.3, 0.4) is 0 Å². The second kappa shape index (κ2) is 8.34. The summed E-state index contributed by atoms with van der Waals surface area (Å²) in [7, 11) is 1.69. The molecule has 0 radical (unpaired) electrons. The lowest BCUT2D eigenvalue weighted by Crippen LogP contribution is -2.19. The van der Waals surface area contributed by atoms with Crippen LogP contribution in [-0.2, 0) is 11.3 Å². The Labute approximate surface area is 134 Å². The standard InChI is InChI=1S/C15H18ClN3OS/c1-11-6-7-18-15(19-11)21-14-5-3-4-13(16)12(14)10-17-8-9-20-2/h3-7,17H,8-10H2,1-2H3. The Morgan fingerprint density at radius 1 is 1.33 bits per heavy atom. The van der Waals surface area contributed by atoms with Crippen LogP contribution in [0.1, 0.15) is 11.3 Å². The summed E-state index contributed by atoms with van der Waals surface area (Å²) in [5.41, 5.74) is 2.01. The maximum absolute atomic E-state index is 6.31. The summed E-state index contributed by atoms with van der Waals surface area (Å²) in [6.07, 6.45) is 1.77. The van der Waals surface area contributed by atoms with Crippen molar-refractivity contribution < 1.29 is 4.74 Å². The monoisotopic (exact) mass is 323 g/mol. The maximum atomic E-state index is 6.31. The van der Waals surface area contributed by atoms with E-state index in [9.17, 15) is 0 Å². The van der Waals surface area contributed by atoms with Crippen LogP contribution in [0.15, 0.2) is 40.5 Å². The smallest absolute Gasteiger partial charge is 0.192 e. The van der Waals surface area contributed by atoms with Crippen molar-refractivity contribution in [3.05, 3.63) is 46.7 Å². The van der Waals surface area contributed by atoms with E-state index in [-0.39, 0.29) is 0 Å². The number of ether oxygens (including phenoxy) is 1. The molecule has 0 saturated heterocycles. The van der Waals surface area contributed by atoms with Gasteiger partial charge in [0.05, 0.1) is 6.61 Å². The molecule has 1 N–H and O–H groups in total. The number of halogens is 1. The highest BCUT2D eigenvalue weighted by molar-refractivity contribution is 7.99. The third kappa shape index (κ3) is 4.97. The highest BCUT2D eigenvalue weighted by Crippen LogP contribution is 2.31. The molecule has 6 heteroatoms. The SMILES string of the molecule is COCCNCc1c(Cl)cccc1Sc1nccc(C)n1. The molecule has 2 aromatic rings. The van der Waals surface area contributed by atoms with Gasteiger partial charge in [0.2, 0.25) is 0 Å². The number of benzene rings is 1. The molecular formula is C15H18ClN3OS. The van der Waals surface area contributed by atoms with Gasteiger partial charge >= 0.3 is 0 Å². The molecule has 0 saturated carbocycles. The molecule has 1 heterocycles. The summed E-state index contributed by atoms with van der Waals surface area (Å²) >= 11 is 7.84. The minimum Gasteiger partial charge on any atom is -0.383 e. The molecule has 0 unspecified atom stereocenters. The minimum atomic E-state index is 0.675. The van der Waals surface area contributed by atoms with Crippen LogP contribution in [0.4, 0.5) is 0 Å². The van der Waals surface area contributed by atoms with Gasteiger partial charge in [-0.2, -0.15) is 0 Å². The van der Waals surface area contributed by atoms with Crippen LogP contribution < -0.4 is 5.32 Å². The Balaban J connectivity index is 2.13. The van der Waals surface area contributed by atoms with E-state index in [1.54, 1.807) is 13.3 Å². The Morgan fingerprint density at radius 2 is 2.19 bits per heavy atom. The molecular weight excluding hydrogens is 306 g/mol. The van der Waals surface area contributed by atoms with Gasteiger partial charge in [-0.1, -0.05) is 17.7 Å². The van der Waals surface area contributed by atoms with E-state index in [0.29, 0.717) is 13.2 Å². The quantitative estimate of drug-likeness (QED) is 0.625. The Bertz CT molecular complexity index is 595.